The van der Waals surface area contributed by atoms with Crippen molar-refractivity contribution in [2.24, 2.45) is 0 Å². The maximum Gasteiger partial charge on any atom is 0.214 e. The van der Waals surface area contributed by atoms with Crippen molar-refractivity contribution in [3.05, 3.63) is 18.6 Å². The molecule has 2 aromatic heterocycles. The number of fused-ring (bicyclic) bond motifs is 1. The first-order valence-electron chi connectivity index (χ1n) is 8.01. The van der Waals surface area contributed by atoms with Crippen LogP contribution in [-0.2, 0) is 10.0 Å². The monoisotopic (exact) mass is 337 g/mol. The summed E-state index contributed by atoms with van der Waals surface area (Å²) in [7, 11) is -1.16. The molecule has 1 saturated heterocycles. The van der Waals surface area contributed by atoms with Crippen molar-refractivity contribution in [2.75, 3.05) is 30.8 Å². The summed E-state index contributed by atoms with van der Waals surface area (Å²) in [6.45, 7) is 3.04. The number of rotatable bonds is 5. The number of likely N-dealkylation sites (N-methyl/N-ethyl adjacent to an activating group) is 1. The molecule has 1 fully saturated rings. The second-order valence-electron chi connectivity index (χ2n) is 6.02. The van der Waals surface area contributed by atoms with Crippen LogP contribution in [0.1, 0.15) is 26.2 Å². The molecule has 0 radical (unpaired) electrons. The summed E-state index contributed by atoms with van der Waals surface area (Å²) >= 11 is 0. The van der Waals surface area contributed by atoms with Crippen LogP contribution < -0.4 is 4.90 Å². The highest BCUT2D eigenvalue weighted by Crippen LogP contribution is 2.26. The van der Waals surface area contributed by atoms with Crippen molar-refractivity contribution >= 4 is 26.9 Å². The quantitative estimate of drug-likeness (QED) is 0.896. The average molecular weight is 337 g/mol. The van der Waals surface area contributed by atoms with Gasteiger partial charge < -0.3 is 9.88 Å². The van der Waals surface area contributed by atoms with Crippen LogP contribution in [0.2, 0.25) is 0 Å². The highest BCUT2D eigenvalue weighted by atomic mass is 32.2. The Morgan fingerprint density at radius 3 is 3.04 bits per heavy atom. The Morgan fingerprint density at radius 2 is 2.26 bits per heavy atom. The summed E-state index contributed by atoms with van der Waals surface area (Å²) < 4.78 is 26.3. The lowest BCUT2D eigenvalue weighted by molar-refractivity contribution is 0.310. The number of sulfonamides is 1. The highest BCUT2D eigenvalue weighted by molar-refractivity contribution is 7.89. The van der Waals surface area contributed by atoms with Crippen molar-refractivity contribution in [2.45, 2.75) is 32.2 Å². The van der Waals surface area contributed by atoms with Crippen LogP contribution in [-0.4, -0.2) is 59.6 Å². The molecule has 0 bridgehead atoms. The van der Waals surface area contributed by atoms with Gasteiger partial charge in [0.05, 0.1) is 11.1 Å². The average Bonchev–Trinajstić information content (AvgIpc) is 3.03. The van der Waals surface area contributed by atoms with Gasteiger partial charge in [-0.3, -0.25) is 0 Å². The number of piperidine rings is 1. The fraction of sp³-hybridized carbons (Fsp3) is 0.600. The van der Waals surface area contributed by atoms with E-state index in [1.165, 1.54) is 0 Å². The molecule has 7 nitrogen and oxygen atoms in total. The Morgan fingerprint density at radius 1 is 1.43 bits per heavy atom. The fourth-order valence-electron chi connectivity index (χ4n) is 3.19. The van der Waals surface area contributed by atoms with Gasteiger partial charge in [0.15, 0.2) is 0 Å². The largest absolute Gasteiger partial charge is 0.355 e. The van der Waals surface area contributed by atoms with E-state index in [1.807, 2.05) is 26.2 Å². The molecule has 0 unspecified atom stereocenters. The topological polar surface area (TPSA) is 82.2 Å². The zero-order valence-electron chi connectivity index (χ0n) is 13.6. The lowest BCUT2D eigenvalue weighted by atomic mass is 10.1. The minimum atomic E-state index is -3.15. The molecule has 0 aromatic carbocycles. The SMILES string of the molecule is CCCS(=O)(=O)N1CCC[C@@H](N(C)c2ncnc3[nH]ccc23)C1. The number of H-pyrrole nitrogens is 1. The molecule has 23 heavy (non-hydrogen) atoms. The van der Waals surface area contributed by atoms with Crippen LogP contribution >= 0.6 is 0 Å². The van der Waals surface area contributed by atoms with E-state index in [1.54, 1.807) is 10.6 Å². The molecule has 126 valence electrons. The molecule has 8 heteroatoms. The molecule has 0 amide bonds. The summed E-state index contributed by atoms with van der Waals surface area (Å²) in [5.74, 6) is 1.06. The third-order valence-electron chi connectivity index (χ3n) is 4.43. The molecular weight excluding hydrogens is 314 g/mol. The number of hydrogen-bond acceptors (Lipinski definition) is 5. The van der Waals surface area contributed by atoms with E-state index in [-0.39, 0.29) is 11.8 Å². The number of nitrogens with zero attached hydrogens (tertiary/aromatic N) is 4. The molecule has 0 spiro atoms. The van der Waals surface area contributed by atoms with Gasteiger partial charge in [0.2, 0.25) is 10.0 Å². The summed E-state index contributed by atoms with van der Waals surface area (Å²) in [4.78, 5) is 13.8. The van der Waals surface area contributed by atoms with Gasteiger partial charge in [-0.2, -0.15) is 4.31 Å². The van der Waals surface area contributed by atoms with Crippen LogP contribution in [0.25, 0.3) is 11.0 Å². The molecular formula is C15H23N5O2S. The Labute approximate surface area is 136 Å². The minimum Gasteiger partial charge on any atom is -0.355 e. The smallest absolute Gasteiger partial charge is 0.214 e. The van der Waals surface area contributed by atoms with Crippen molar-refractivity contribution in [1.29, 1.82) is 0 Å². The molecule has 3 rings (SSSR count). The maximum atomic E-state index is 12.3. The summed E-state index contributed by atoms with van der Waals surface area (Å²) in [6, 6.07) is 2.08. The first kappa shape index (κ1) is 16.2. The van der Waals surface area contributed by atoms with E-state index in [2.05, 4.69) is 19.9 Å². The van der Waals surface area contributed by atoms with Gasteiger partial charge in [-0.05, 0) is 25.3 Å². The summed E-state index contributed by atoms with van der Waals surface area (Å²) in [5.41, 5.74) is 0.799. The predicted molar refractivity (Wildman–Crippen MR) is 91.0 cm³/mol. The number of aromatic amines is 1. The molecule has 3 heterocycles. The third kappa shape index (κ3) is 3.18. The maximum absolute atomic E-state index is 12.3. The minimum absolute atomic E-state index is 0.128. The van der Waals surface area contributed by atoms with Crippen LogP contribution in [0.4, 0.5) is 5.82 Å². The second-order valence-corrected chi connectivity index (χ2v) is 8.11. The van der Waals surface area contributed by atoms with E-state index in [0.29, 0.717) is 19.5 Å². The Hall–Kier alpha value is -1.67. The molecule has 1 aliphatic heterocycles. The summed E-state index contributed by atoms with van der Waals surface area (Å²) in [6.07, 6.45) is 5.87. The van der Waals surface area contributed by atoms with Crippen molar-refractivity contribution in [3.8, 4) is 0 Å². The van der Waals surface area contributed by atoms with E-state index < -0.39 is 10.0 Å². The second kappa shape index (κ2) is 6.45. The Balaban J connectivity index is 1.82. The highest BCUT2D eigenvalue weighted by Gasteiger charge is 2.31. The van der Waals surface area contributed by atoms with E-state index >= 15 is 0 Å². The number of anilines is 1. The van der Waals surface area contributed by atoms with Gasteiger partial charge in [0.25, 0.3) is 0 Å². The molecule has 0 aliphatic carbocycles. The third-order valence-corrected chi connectivity index (χ3v) is 6.47. The molecule has 1 aliphatic rings. The van der Waals surface area contributed by atoms with Gasteiger partial charge in [-0.25, -0.2) is 18.4 Å². The normalized spacial score (nSPS) is 20.0. The molecule has 1 atom stereocenters. The number of aromatic nitrogens is 3. The standard InChI is InChI=1S/C15H23N5O2S/c1-3-9-23(21,22)20-8-4-5-12(10-20)19(2)15-13-6-7-16-14(13)17-11-18-15/h6-7,11-12H,3-5,8-10H2,1-2H3,(H,16,17,18)/t12-/m1/s1. The lowest BCUT2D eigenvalue weighted by Crippen LogP contribution is -2.49. The van der Waals surface area contributed by atoms with E-state index in [9.17, 15) is 8.42 Å². The van der Waals surface area contributed by atoms with Crippen LogP contribution in [0, 0.1) is 0 Å². The van der Waals surface area contributed by atoms with Gasteiger partial charge in [0, 0.05) is 32.4 Å². The first-order valence-corrected chi connectivity index (χ1v) is 9.62. The predicted octanol–water partition coefficient (Wildman–Crippen LogP) is 1.60. The number of nitrogens with one attached hydrogen (secondary N) is 1. The van der Waals surface area contributed by atoms with E-state index in [0.717, 1.165) is 29.7 Å². The Bertz CT molecular complexity index is 773. The van der Waals surface area contributed by atoms with Crippen molar-refractivity contribution in [3.63, 3.8) is 0 Å². The fourth-order valence-corrected chi connectivity index (χ4v) is 4.77. The molecule has 1 N–H and O–H groups in total. The van der Waals surface area contributed by atoms with Gasteiger partial charge in [-0.15, -0.1) is 0 Å². The van der Waals surface area contributed by atoms with Crippen LogP contribution in [0.15, 0.2) is 18.6 Å². The zero-order valence-corrected chi connectivity index (χ0v) is 14.4. The Kier molecular flexibility index (Phi) is 4.54. The van der Waals surface area contributed by atoms with Crippen molar-refractivity contribution in [1.82, 2.24) is 19.3 Å². The number of hydrogen-bond donors (Lipinski definition) is 1. The summed E-state index contributed by atoms with van der Waals surface area (Å²) in [5, 5.41) is 0.962. The van der Waals surface area contributed by atoms with Gasteiger partial charge >= 0.3 is 0 Å². The van der Waals surface area contributed by atoms with Crippen molar-refractivity contribution < 1.29 is 8.42 Å². The van der Waals surface area contributed by atoms with Crippen LogP contribution in [0.3, 0.4) is 0 Å². The lowest BCUT2D eigenvalue weighted by Gasteiger charge is -2.37. The molecule has 2 aromatic rings. The van der Waals surface area contributed by atoms with Crippen LogP contribution in [0.5, 0.6) is 0 Å². The van der Waals surface area contributed by atoms with E-state index in [4.69, 9.17) is 0 Å². The van der Waals surface area contributed by atoms with Gasteiger partial charge in [0.1, 0.15) is 17.8 Å². The molecule has 0 saturated carbocycles. The zero-order chi connectivity index (χ0) is 16.4. The van der Waals surface area contributed by atoms with Gasteiger partial charge in [-0.1, -0.05) is 6.92 Å². The first-order chi connectivity index (χ1) is 11.0.